The van der Waals surface area contributed by atoms with E-state index in [-0.39, 0.29) is 11.1 Å². The lowest BCUT2D eigenvalue weighted by Crippen LogP contribution is -2.40. The fraction of sp³-hybridized carbons (Fsp3) is 0.700. The molecule has 0 saturated heterocycles. The summed E-state index contributed by atoms with van der Waals surface area (Å²) >= 11 is 11.6. The lowest BCUT2D eigenvalue weighted by atomic mass is 10.1. The standard InChI is InChI=1S/C10H16Cl2N2O/c1-3-4-5-7(2)14-10(15)9(12)8(11)6-13-14/h6-7,10,15H,3-5H2,1-2H3. The predicted molar refractivity (Wildman–Crippen MR) is 64.1 cm³/mol. The number of hydrogen-bond acceptors (Lipinski definition) is 3. The number of allylic oxidation sites excluding steroid dienone is 1. The Morgan fingerprint density at radius 2 is 2.27 bits per heavy atom. The third-order valence-electron chi connectivity index (χ3n) is 2.44. The molecule has 1 N–H and O–H groups in total. The highest BCUT2D eigenvalue weighted by Crippen LogP contribution is 2.26. The molecule has 0 spiro atoms. The quantitative estimate of drug-likeness (QED) is 0.833. The predicted octanol–water partition coefficient (Wildman–Crippen LogP) is 2.87. The Balaban J connectivity index is 2.62. The number of halogens is 2. The largest absolute Gasteiger partial charge is 0.367 e. The van der Waals surface area contributed by atoms with Gasteiger partial charge in [0.25, 0.3) is 0 Å². The van der Waals surface area contributed by atoms with E-state index in [1.165, 1.54) is 6.21 Å². The van der Waals surface area contributed by atoms with Crippen molar-refractivity contribution < 1.29 is 5.11 Å². The summed E-state index contributed by atoms with van der Waals surface area (Å²) < 4.78 is 0. The Morgan fingerprint density at radius 1 is 1.60 bits per heavy atom. The third kappa shape index (κ3) is 3.10. The smallest absolute Gasteiger partial charge is 0.181 e. The maximum absolute atomic E-state index is 9.82. The van der Waals surface area contributed by atoms with Gasteiger partial charge in [0.1, 0.15) is 0 Å². The van der Waals surface area contributed by atoms with Crippen LogP contribution in [-0.2, 0) is 0 Å². The molecule has 0 aromatic heterocycles. The van der Waals surface area contributed by atoms with Gasteiger partial charge in [0.2, 0.25) is 0 Å². The van der Waals surface area contributed by atoms with Crippen LogP contribution in [0.15, 0.2) is 15.2 Å². The Bertz CT molecular complexity index is 279. The molecule has 1 aliphatic rings. The molecule has 0 radical (unpaired) electrons. The van der Waals surface area contributed by atoms with Crippen molar-refractivity contribution in [3.63, 3.8) is 0 Å². The number of aliphatic hydroxyl groups is 1. The first-order valence-electron chi connectivity index (χ1n) is 5.13. The Kier molecular flexibility index (Phi) is 4.90. The van der Waals surface area contributed by atoms with Gasteiger partial charge < -0.3 is 5.11 Å². The van der Waals surface area contributed by atoms with Crippen molar-refractivity contribution in [1.29, 1.82) is 0 Å². The molecule has 0 aromatic rings. The summed E-state index contributed by atoms with van der Waals surface area (Å²) in [6.07, 6.45) is 3.78. The molecule has 1 rings (SSSR count). The number of nitrogens with zero attached hydrogens (tertiary/aromatic N) is 2. The van der Waals surface area contributed by atoms with E-state index in [9.17, 15) is 5.11 Å². The molecule has 1 aliphatic heterocycles. The van der Waals surface area contributed by atoms with Crippen molar-refractivity contribution in [2.24, 2.45) is 5.10 Å². The van der Waals surface area contributed by atoms with Crippen LogP contribution in [0.1, 0.15) is 33.1 Å². The van der Waals surface area contributed by atoms with Gasteiger partial charge in [-0.25, -0.2) is 0 Å². The fourth-order valence-electron chi connectivity index (χ4n) is 1.47. The van der Waals surface area contributed by atoms with Crippen molar-refractivity contribution in [1.82, 2.24) is 5.01 Å². The van der Waals surface area contributed by atoms with Crippen LogP contribution in [0, 0.1) is 0 Å². The van der Waals surface area contributed by atoms with Crippen molar-refractivity contribution in [3.8, 4) is 0 Å². The van der Waals surface area contributed by atoms with Gasteiger partial charge in [-0.2, -0.15) is 5.10 Å². The molecule has 15 heavy (non-hydrogen) atoms. The summed E-state index contributed by atoms with van der Waals surface area (Å²) in [5.74, 6) is 0. The minimum atomic E-state index is -0.906. The molecular formula is C10H16Cl2N2O. The summed E-state index contributed by atoms with van der Waals surface area (Å²) in [7, 11) is 0. The van der Waals surface area contributed by atoms with E-state index in [1.54, 1.807) is 5.01 Å². The Morgan fingerprint density at radius 3 is 2.87 bits per heavy atom. The first-order valence-corrected chi connectivity index (χ1v) is 5.89. The average molecular weight is 251 g/mol. The molecule has 0 aromatic carbocycles. The van der Waals surface area contributed by atoms with E-state index >= 15 is 0 Å². The maximum Gasteiger partial charge on any atom is 0.181 e. The minimum Gasteiger partial charge on any atom is -0.367 e. The Hall–Kier alpha value is -0.250. The maximum atomic E-state index is 9.82. The molecule has 2 unspecified atom stereocenters. The molecule has 0 fully saturated rings. The van der Waals surface area contributed by atoms with E-state index in [0.29, 0.717) is 5.03 Å². The van der Waals surface area contributed by atoms with Crippen molar-refractivity contribution in [2.45, 2.75) is 45.4 Å². The highest BCUT2D eigenvalue weighted by Gasteiger charge is 2.26. The van der Waals surface area contributed by atoms with Gasteiger partial charge in [-0.05, 0) is 13.3 Å². The van der Waals surface area contributed by atoms with Crippen molar-refractivity contribution >= 4 is 29.4 Å². The van der Waals surface area contributed by atoms with E-state index in [4.69, 9.17) is 23.2 Å². The zero-order valence-corrected chi connectivity index (χ0v) is 10.5. The van der Waals surface area contributed by atoms with Crippen molar-refractivity contribution in [3.05, 3.63) is 10.1 Å². The van der Waals surface area contributed by atoms with Crippen molar-refractivity contribution in [2.75, 3.05) is 0 Å². The second-order valence-electron chi connectivity index (χ2n) is 3.69. The number of unbranched alkanes of at least 4 members (excludes halogenated alkanes) is 1. The zero-order valence-electron chi connectivity index (χ0n) is 8.95. The van der Waals surface area contributed by atoms with Gasteiger partial charge in [-0.15, -0.1) is 0 Å². The molecule has 0 bridgehead atoms. The van der Waals surface area contributed by atoms with Crippen LogP contribution in [0.5, 0.6) is 0 Å². The highest BCUT2D eigenvalue weighted by molar-refractivity contribution is 6.46. The normalized spacial score (nSPS) is 23.5. The lowest BCUT2D eigenvalue weighted by molar-refractivity contribution is 0.00813. The minimum absolute atomic E-state index is 0.162. The highest BCUT2D eigenvalue weighted by atomic mass is 35.5. The molecule has 1 heterocycles. The Labute approximate surface area is 100 Å². The molecule has 3 nitrogen and oxygen atoms in total. The van der Waals surface area contributed by atoms with E-state index in [2.05, 4.69) is 12.0 Å². The van der Waals surface area contributed by atoms with E-state index in [0.717, 1.165) is 19.3 Å². The van der Waals surface area contributed by atoms with Crippen LogP contribution in [0.2, 0.25) is 0 Å². The van der Waals surface area contributed by atoms with E-state index < -0.39 is 6.23 Å². The molecule has 0 aliphatic carbocycles. The molecule has 5 heteroatoms. The molecule has 0 saturated carbocycles. The first kappa shape index (κ1) is 12.8. The summed E-state index contributed by atoms with van der Waals surface area (Å²) in [4.78, 5) is 0. The SMILES string of the molecule is CCCCC(C)N1N=CC(Cl)=C(Cl)C1O. The second kappa shape index (κ2) is 5.73. The fourth-order valence-corrected chi connectivity index (χ4v) is 1.76. The van der Waals surface area contributed by atoms with Crippen LogP contribution in [-0.4, -0.2) is 28.6 Å². The molecular weight excluding hydrogens is 235 g/mol. The second-order valence-corrected chi connectivity index (χ2v) is 4.50. The summed E-state index contributed by atoms with van der Waals surface area (Å²) in [6, 6.07) is 0.162. The zero-order chi connectivity index (χ0) is 11.4. The molecule has 2 atom stereocenters. The van der Waals surface area contributed by atoms with Crippen LogP contribution in [0.4, 0.5) is 0 Å². The van der Waals surface area contributed by atoms with Gasteiger partial charge in [0, 0.05) is 6.04 Å². The lowest BCUT2D eigenvalue weighted by Gasteiger charge is -2.32. The van der Waals surface area contributed by atoms with Gasteiger partial charge in [-0.1, -0.05) is 43.0 Å². The molecule has 0 amide bonds. The number of rotatable bonds is 4. The number of hydrazone groups is 1. The topological polar surface area (TPSA) is 35.8 Å². The van der Waals surface area contributed by atoms with Crippen LogP contribution in [0.3, 0.4) is 0 Å². The number of aliphatic hydroxyl groups excluding tert-OH is 1. The van der Waals surface area contributed by atoms with Crippen LogP contribution < -0.4 is 0 Å². The third-order valence-corrected chi connectivity index (χ3v) is 3.23. The summed E-state index contributed by atoms with van der Waals surface area (Å²) in [5, 5.41) is 16.0. The monoisotopic (exact) mass is 250 g/mol. The van der Waals surface area contributed by atoms with Crippen LogP contribution >= 0.6 is 23.2 Å². The van der Waals surface area contributed by atoms with Gasteiger partial charge >= 0.3 is 0 Å². The summed E-state index contributed by atoms with van der Waals surface area (Å²) in [5.41, 5.74) is 0. The van der Waals surface area contributed by atoms with E-state index in [1.807, 2.05) is 6.92 Å². The van der Waals surface area contributed by atoms with Gasteiger partial charge in [0.05, 0.1) is 16.3 Å². The van der Waals surface area contributed by atoms with Gasteiger partial charge in [-0.3, -0.25) is 5.01 Å². The summed E-state index contributed by atoms with van der Waals surface area (Å²) in [6.45, 7) is 4.14. The molecule has 86 valence electrons. The average Bonchev–Trinajstić information content (AvgIpc) is 2.23. The van der Waals surface area contributed by atoms with Crippen LogP contribution in [0.25, 0.3) is 0 Å². The number of hydrogen-bond donors (Lipinski definition) is 1. The first-order chi connectivity index (χ1) is 7.07. The van der Waals surface area contributed by atoms with Gasteiger partial charge in [0.15, 0.2) is 6.23 Å².